The zero-order chi connectivity index (χ0) is 12.3. The summed E-state index contributed by atoms with van der Waals surface area (Å²) < 4.78 is 2.14. The third kappa shape index (κ3) is 2.88. The Bertz CT molecular complexity index is 392. The smallest absolute Gasteiger partial charge is 0.204 e. The highest BCUT2D eigenvalue weighted by molar-refractivity contribution is 5.30. The molecule has 94 valence electrons. The Morgan fingerprint density at radius 2 is 2.29 bits per heavy atom. The predicted molar refractivity (Wildman–Crippen MR) is 71.2 cm³/mol. The van der Waals surface area contributed by atoms with Gasteiger partial charge in [-0.05, 0) is 19.3 Å². The van der Waals surface area contributed by atoms with E-state index in [2.05, 4.69) is 34.1 Å². The number of aromatic nitrogens is 2. The van der Waals surface area contributed by atoms with Crippen LogP contribution in [0.3, 0.4) is 0 Å². The van der Waals surface area contributed by atoms with Crippen LogP contribution in [0.2, 0.25) is 0 Å². The Morgan fingerprint density at radius 3 is 2.88 bits per heavy atom. The largest absolute Gasteiger partial charge is 0.348 e. The van der Waals surface area contributed by atoms with Gasteiger partial charge in [0.15, 0.2) is 0 Å². The highest BCUT2D eigenvalue weighted by Gasteiger charge is 2.11. The molecule has 0 fully saturated rings. The molecule has 2 rings (SSSR count). The van der Waals surface area contributed by atoms with Crippen LogP contribution in [0.5, 0.6) is 0 Å². The molecule has 1 aromatic heterocycles. The molecular formula is C13H22N4. The Balaban J connectivity index is 1.92. The van der Waals surface area contributed by atoms with Crippen molar-refractivity contribution in [2.75, 3.05) is 19.0 Å². The quantitative estimate of drug-likeness (QED) is 0.805. The van der Waals surface area contributed by atoms with Crippen LogP contribution >= 0.6 is 0 Å². The average Bonchev–Trinajstić information content (AvgIpc) is 2.69. The summed E-state index contributed by atoms with van der Waals surface area (Å²) in [6.45, 7) is 0.899. The Kier molecular flexibility index (Phi) is 3.84. The van der Waals surface area contributed by atoms with E-state index in [9.17, 15) is 0 Å². The summed E-state index contributed by atoms with van der Waals surface area (Å²) in [5.74, 6) is 1.00. The number of anilines is 1. The molecule has 17 heavy (non-hydrogen) atoms. The number of rotatable bonds is 4. The highest BCUT2D eigenvalue weighted by Crippen LogP contribution is 2.13. The SMILES string of the molecule is CN(C)c1ncc(CNC2CC=CCC2)n1C. The average molecular weight is 234 g/mol. The van der Waals surface area contributed by atoms with E-state index < -0.39 is 0 Å². The number of hydrogen-bond acceptors (Lipinski definition) is 3. The Labute approximate surface area is 103 Å². The summed E-state index contributed by atoms with van der Waals surface area (Å²) in [7, 11) is 6.11. The second kappa shape index (κ2) is 5.36. The van der Waals surface area contributed by atoms with E-state index in [1.807, 2.05) is 25.2 Å². The van der Waals surface area contributed by atoms with Crippen LogP contribution in [-0.4, -0.2) is 29.7 Å². The van der Waals surface area contributed by atoms with Crippen molar-refractivity contribution in [3.8, 4) is 0 Å². The minimum atomic E-state index is 0.623. The lowest BCUT2D eigenvalue weighted by atomic mass is 10.0. The summed E-state index contributed by atoms with van der Waals surface area (Å²) >= 11 is 0. The number of nitrogens with one attached hydrogen (secondary N) is 1. The summed E-state index contributed by atoms with van der Waals surface area (Å²) in [6, 6.07) is 0.623. The second-order valence-corrected chi connectivity index (χ2v) is 4.87. The number of hydrogen-bond donors (Lipinski definition) is 1. The molecule has 0 aromatic carbocycles. The molecular weight excluding hydrogens is 212 g/mol. The molecule has 0 bridgehead atoms. The lowest BCUT2D eigenvalue weighted by Crippen LogP contribution is -2.30. The third-order valence-electron chi connectivity index (χ3n) is 3.30. The van der Waals surface area contributed by atoms with Crippen molar-refractivity contribution in [1.29, 1.82) is 0 Å². The summed E-state index contributed by atoms with van der Waals surface area (Å²) in [4.78, 5) is 6.45. The van der Waals surface area contributed by atoms with Gasteiger partial charge >= 0.3 is 0 Å². The van der Waals surface area contributed by atoms with E-state index in [0.717, 1.165) is 18.9 Å². The van der Waals surface area contributed by atoms with Gasteiger partial charge < -0.3 is 14.8 Å². The number of allylic oxidation sites excluding steroid dienone is 1. The van der Waals surface area contributed by atoms with E-state index >= 15 is 0 Å². The summed E-state index contributed by atoms with van der Waals surface area (Å²) in [6.07, 6.45) is 10.1. The number of nitrogens with zero attached hydrogens (tertiary/aromatic N) is 3. The molecule has 1 unspecified atom stereocenters. The van der Waals surface area contributed by atoms with Gasteiger partial charge in [0.2, 0.25) is 5.95 Å². The molecule has 1 N–H and O–H groups in total. The van der Waals surface area contributed by atoms with Crippen LogP contribution in [0.4, 0.5) is 5.95 Å². The second-order valence-electron chi connectivity index (χ2n) is 4.87. The lowest BCUT2D eigenvalue weighted by Gasteiger charge is -2.19. The van der Waals surface area contributed by atoms with Crippen molar-refractivity contribution >= 4 is 5.95 Å². The Morgan fingerprint density at radius 1 is 1.47 bits per heavy atom. The molecule has 1 aliphatic rings. The fraction of sp³-hybridized carbons (Fsp3) is 0.615. The van der Waals surface area contributed by atoms with E-state index in [1.165, 1.54) is 18.5 Å². The van der Waals surface area contributed by atoms with Gasteiger partial charge in [0.1, 0.15) is 0 Å². The van der Waals surface area contributed by atoms with Gasteiger partial charge in [0.05, 0.1) is 11.9 Å². The Hall–Kier alpha value is -1.29. The van der Waals surface area contributed by atoms with E-state index in [0.29, 0.717) is 6.04 Å². The highest BCUT2D eigenvalue weighted by atomic mass is 15.3. The van der Waals surface area contributed by atoms with Crippen LogP contribution in [0.1, 0.15) is 25.0 Å². The molecule has 0 radical (unpaired) electrons. The lowest BCUT2D eigenvalue weighted by molar-refractivity contribution is 0.467. The maximum absolute atomic E-state index is 4.41. The van der Waals surface area contributed by atoms with Crippen molar-refractivity contribution < 1.29 is 0 Å². The van der Waals surface area contributed by atoms with Gasteiger partial charge in [0, 0.05) is 33.7 Å². The first kappa shape index (κ1) is 12.2. The molecule has 0 amide bonds. The standard InChI is InChI=1S/C13H22N4/c1-16(2)13-15-10-12(17(13)3)9-14-11-7-5-4-6-8-11/h4-5,10-11,14H,6-9H2,1-3H3. The van der Waals surface area contributed by atoms with Crippen LogP contribution < -0.4 is 10.2 Å². The third-order valence-corrected chi connectivity index (χ3v) is 3.30. The van der Waals surface area contributed by atoms with Crippen molar-refractivity contribution in [3.05, 3.63) is 24.0 Å². The first-order valence-corrected chi connectivity index (χ1v) is 6.25. The first-order chi connectivity index (χ1) is 8.18. The minimum absolute atomic E-state index is 0.623. The molecule has 1 aromatic rings. The molecule has 4 nitrogen and oxygen atoms in total. The van der Waals surface area contributed by atoms with Crippen molar-refractivity contribution in [1.82, 2.24) is 14.9 Å². The summed E-state index contributed by atoms with van der Waals surface area (Å²) in [5.41, 5.74) is 1.24. The summed E-state index contributed by atoms with van der Waals surface area (Å²) in [5, 5.41) is 3.60. The van der Waals surface area contributed by atoms with E-state index in [1.54, 1.807) is 0 Å². The molecule has 1 aliphatic carbocycles. The van der Waals surface area contributed by atoms with Gasteiger partial charge in [0.25, 0.3) is 0 Å². The van der Waals surface area contributed by atoms with Gasteiger partial charge in [-0.3, -0.25) is 0 Å². The zero-order valence-electron chi connectivity index (χ0n) is 11.0. The van der Waals surface area contributed by atoms with Crippen molar-refractivity contribution in [2.24, 2.45) is 7.05 Å². The molecule has 0 spiro atoms. The fourth-order valence-electron chi connectivity index (χ4n) is 2.24. The molecule has 0 saturated carbocycles. The van der Waals surface area contributed by atoms with Gasteiger partial charge in [-0.15, -0.1) is 0 Å². The number of imidazole rings is 1. The van der Waals surface area contributed by atoms with Gasteiger partial charge in [-0.1, -0.05) is 12.2 Å². The zero-order valence-corrected chi connectivity index (χ0v) is 11.0. The first-order valence-electron chi connectivity index (χ1n) is 6.25. The van der Waals surface area contributed by atoms with Crippen LogP contribution in [0.15, 0.2) is 18.3 Å². The molecule has 1 atom stereocenters. The molecule has 0 aliphatic heterocycles. The molecule has 4 heteroatoms. The monoisotopic (exact) mass is 234 g/mol. The minimum Gasteiger partial charge on any atom is -0.348 e. The fourth-order valence-corrected chi connectivity index (χ4v) is 2.24. The van der Waals surface area contributed by atoms with Crippen molar-refractivity contribution in [3.63, 3.8) is 0 Å². The molecule has 1 heterocycles. The topological polar surface area (TPSA) is 33.1 Å². The predicted octanol–water partition coefficient (Wildman–Crippen LogP) is 1.68. The van der Waals surface area contributed by atoms with Gasteiger partial charge in [-0.25, -0.2) is 4.98 Å². The van der Waals surface area contributed by atoms with Crippen LogP contribution in [0.25, 0.3) is 0 Å². The van der Waals surface area contributed by atoms with Gasteiger partial charge in [-0.2, -0.15) is 0 Å². The normalized spacial score (nSPS) is 19.6. The van der Waals surface area contributed by atoms with E-state index in [4.69, 9.17) is 0 Å². The maximum Gasteiger partial charge on any atom is 0.204 e. The van der Waals surface area contributed by atoms with Crippen LogP contribution in [-0.2, 0) is 13.6 Å². The maximum atomic E-state index is 4.41. The van der Waals surface area contributed by atoms with E-state index in [-0.39, 0.29) is 0 Å². The van der Waals surface area contributed by atoms with Crippen LogP contribution in [0, 0.1) is 0 Å². The molecule has 0 saturated heterocycles. The van der Waals surface area contributed by atoms with Crippen molar-refractivity contribution in [2.45, 2.75) is 31.8 Å².